The van der Waals surface area contributed by atoms with Gasteiger partial charge in [-0.2, -0.15) is 13.2 Å². The minimum Gasteiger partial charge on any atom is -0.478 e. The van der Waals surface area contributed by atoms with Crippen LogP contribution in [0.25, 0.3) is 10.2 Å². The van der Waals surface area contributed by atoms with Gasteiger partial charge in [-0.3, -0.25) is 9.69 Å². The third-order valence-electron chi connectivity index (χ3n) is 6.06. The molecule has 190 valence electrons. The molecule has 3 heterocycles. The Morgan fingerprint density at radius 1 is 1.19 bits per heavy atom. The summed E-state index contributed by atoms with van der Waals surface area (Å²) in [7, 11) is 1.54. The number of nitrogens with one attached hydrogen (secondary N) is 1. The Balaban J connectivity index is 1.77. The third-order valence-corrected chi connectivity index (χ3v) is 7.13. The van der Waals surface area contributed by atoms with Crippen LogP contribution < -0.4 is 10.2 Å². The summed E-state index contributed by atoms with van der Waals surface area (Å²) >= 11 is 1.12. The van der Waals surface area contributed by atoms with Gasteiger partial charge in [0.1, 0.15) is 15.9 Å². The van der Waals surface area contributed by atoms with Gasteiger partial charge < -0.3 is 15.2 Å². The van der Waals surface area contributed by atoms with Crippen LogP contribution >= 0.6 is 11.3 Å². The average Bonchev–Trinajstić information content (AvgIpc) is 3.22. The molecule has 0 fully saturated rings. The number of ether oxygens (including phenoxy) is 1. The van der Waals surface area contributed by atoms with E-state index < -0.39 is 29.8 Å². The van der Waals surface area contributed by atoms with E-state index in [0.717, 1.165) is 33.9 Å². The van der Waals surface area contributed by atoms with Crippen LogP contribution in [0.3, 0.4) is 0 Å². The molecule has 11 heteroatoms. The predicted octanol–water partition coefficient (Wildman–Crippen LogP) is 6.24. The summed E-state index contributed by atoms with van der Waals surface area (Å²) in [6.45, 7) is 2.06. The van der Waals surface area contributed by atoms with E-state index in [-0.39, 0.29) is 28.3 Å². The zero-order valence-electron chi connectivity index (χ0n) is 19.6. The van der Waals surface area contributed by atoms with E-state index in [1.807, 2.05) is 13.0 Å². The molecule has 2 N–H and O–H groups in total. The summed E-state index contributed by atoms with van der Waals surface area (Å²) in [5.41, 5.74) is 1.12. The van der Waals surface area contributed by atoms with Crippen molar-refractivity contribution in [2.24, 2.45) is 0 Å². The number of carboxylic acids is 1. The highest BCUT2D eigenvalue weighted by Gasteiger charge is 2.40. The number of aromatic carboxylic acids is 1. The van der Waals surface area contributed by atoms with Gasteiger partial charge in [-0.05, 0) is 42.8 Å². The number of methoxy groups -OCH3 is 1. The molecule has 1 atom stereocenters. The van der Waals surface area contributed by atoms with E-state index in [1.165, 1.54) is 24.3 Å². The molecule has 0 radical (unpaired) electrons. The lowest BCUT2D eigenvalue weighted by Crippen LogP contribution is -2.43. The number of carbonyl (C=O) groups is 2. The number of benzene rings is 2. The summed E-state index contributed by atoms with van der Waals surface area (Å²) in [6, 6.07) is 12.3. The van der Waals surface area contributed by atoms with Gasteiger partial charge in [0.15, 0.2) is 0 Å². The number of thiophene rings is 1. The fourth-order valence-electron chi connectivity index (χ4n) is 4.54. The molecule has 2 aromatic heterocycles. The second-order valence-electron chi connectivity index (χ2n) is 8.50. The van der Waals surface area contributed by atoms with E-state index in [1.54, 1.807) is 19.2 Å². The van der Waals surface area contributed by atoms with Gasteiger partial charge in [-0.1, -0.05) is 24.3 Å². The highest BCUT2D eigenvalue weighted by molar-refractivity contribution is 7.21. The number of carbonyl (C=O) groups excluding carboxylic acids is 1. The topological polar surface area (TPSA) is 91.8 Å². The smallest absolute Gasteiger partial charge is 0.416 e. The molecule has 5 rings (SSSR count). The molecule has 2 aromatic carbocycles. The van der Waals surface area contributed by atoms with Crippen LogP contribution in [0.1, 0.15) is 48.6 Å². The van der Waals surface area contributed by atoms with E-state index in [4.69, 9.17) is 4.74 Å². The molecule has 0 aliphatic carbocycles. The van der Waals surface area contributed by atoms with Gasteiger partial charge in [0.05, 0.1) is 23.4 Å². The summed E-state index contributed by atoms with van der Waals surface area (Å²) < 4.78 is 46.0. The Kier molecular flexibility index (Phi) is 6.12. The fraction of sp³-hybridized carbons (Fsp3) is 0.192. The molecular weight excluding hydrogens is 507 g/mol. The maximum Gasteiger partial charge on any atom is 0.416 e. The minimum absolute atomic E-state index is 0.0260. The lowest BCUT2D eigenvalue weighted by Gasteiger charge is -2.37. The number of carboxylic acid groups (broad SMARTS) is 1. The van der Waals surface area contributed by atoms with Crippen molar-refractivity contribution in [2.75, 3.05) is 17.3 Å². The number of alkyl halides is 3. The Bertz CT molecular complexity index is 1550. The zero-order valence-corrected chi connectivity index (χ0v) is 20.4. The second kappa shape index (κ2) is 9.16. The second-order valence-corrected chi connectivity index (χ2v) is 9.50. The molecule has 37 heavy (non-hydrogen) atoms. The fourth-order valence-corrected chi connectivity index (χ4v) is 5.71. The Morgan fingerprint density at radius 3 is 2.65 bits per heavy atom. The molecule has 7 nitrogen and oxygen atoms in total. The van der Waals surface area contributed by atoms with Gasteiger partial charge in [-0.25, -0.2) is 9.78 Å². The van der Waals surface area contributed by atoms with Gasteiger partial charge in [0, 0.05) is 29.4 Å². The van der Waals surface area contributed by atoms with Crippen molar-refractivity contribution in [2.45, 2.75) is 25.9 Å². The highest BCUT2D eigenvalue weighted by Crippen LogP contribution is 2.46. The first-order chi connectivity index (χ1) is 17.6. The summed E-state index contributed by atoms with van der Waals surface area (Å²) in [6.07, 6.45) is -5.74. The van der Waals surface area contributed by atoms with Crippen LogP contribution in [-0.2, 0) is 17.5 Å². The standard InChI is InChI=1S/C26H20F3N3O4S/c1-13-10-14(12-36-2)19-20-21(37-23(19)30-13)24(33)32(16-7-5-6-15(11-16)26(27,28)29)22(31-20)17-8-3-4-9-18(17)25(34)35/h3-11,22,31H,12H2,1-2H3,(H,34,35)/t22-/m0/s1. The van der Waals surface area contributed by atoms with E-state index >= 15 is 0 Å². The first-order valence-corrected chi connectivity index (χ1v) is 11.9. The van der Waals surface area contributed by atoms with Crippen LogP contribution in [0.15, 0.2) is 54.6 Å². The average molecular weight is 528 g/mol. The molecule has 0 unspecified atom stereocenters. The van der Waals surface area contributed by atoms with Crippen molar-refractivity contribution >= 4 is 44.8 Å². The maximum absolute atomic E-state index is 14.0. The maximum atomic E-state index is 14.0. The van der Waals surface area contributed by atoms with Crippen molar-refractivity contribution in [3.63, 3.8) is 0 Å². The van der Waals surface area contributed by atoms with Crippen molar-refractivity contribution in [1.29, 1.82) is 0 Å². The number of hydrogen-bond donors (Lipinski definition) is 2. The van der Waals surface area contributed by atoms with E-state index in [0.29, 0.717) is 21.6 Å². The number of nitrogens with zero attached hydrogens (tertiary/aromatic N) is 2. The molecule has 1 aliphatic heterocycles. The molecule has 1 amide bonds. The quantitative estimate of drug-likeness (QED) is 0.319. The van der Waals surface area contributed by atoms with Crippen LogP contribution in [0.2, 0.25) is 0 Å². The predicted molar refractivity (Wildman–Crippen MR) is 133 cm³/mol. The Hall–Kier alpha value is -3.96. The highest BCUT2D eigenvalue weighted by atomic mass is 32.1. The minimum atomic E-state index is -4.63. The largest absolute Gasteiger partial charge is 0.478 e. The van der Waals surface area contributed by atoms with Gasteiger partial charge >= 0.3 is 12.1 Å². The van der Waals surface area contributed by atoms with Crippen LogP contribution in [0, 0.1) is 6.92 Å². The number of fused-ring (bicyclic) bond motifs is 3. The first kappa shape index (κ1) is 24.7. The summed E-state index contributed by atoms with van der Waals surface area (Å²) in [4.78, 5) is 32.6. The van der Waals surface area contributed by atoms with E-state index in [9.17, 15) is 27.9 Å². The number of aryl methyl sites for hydroxylation is 1. The molecule has 1 aliphatic rings. The number of anilines is 2. The number of rotatable bonds is 5. The lowest BCUT2D eigenvalue weighted by molar-refractivity contribution is -0.137. The number of amides is 1. The van der Waals surface area contributed by atoms with Crippen molar-refractivity contribution in [3.05, 3.63) is 87.4 Å². The molecule has 4 aromatic rings. The molecular formula is C26H20F3N3O4S. The third kappa shape index (κ3) is 4.30. The van der Waals surface area contributed by atoms with Crippen molar-refractivity contribution in [3.8, 4) is 0 Å². The number of aromatic nitrogens is 1. The Labute approximate surface area is 213 Å². The number of halogens is 3. The van der Waals surface area contributed by atoms with Crippen LogP contribution in [0.5, 0.6) is 0 Å². The first-order valence-electron chi connectivity index (χ1n) is 11.1. The molecule has 0 saturated heterocycles. The number of pyridine rings is 1. The van der Waals surface area contributed by atoms with Crippen molar-refractivity contribution < 1.29 is 32.6 Å². The van der Waals surface area contributed by atoms with Crippen molar-refractivity contribution in [1.82, 2.24) is 4.98 Å². The molecule has 0 spiro atoms. The SMILES string of the molecule is COCc1cc(C)nc2sc3c(c12)N[C@H](c1ccccc1C(=O)O)N(c1cccc(C(F)(F)F)c1)C3=O. The number of hydrogen-bond acceptors (Lipinski definition) is 6. The molecule has 0 saturated carbocycles. The normalized spacial score (nSPS) is 15.5. The van der Waals surface area contributed by atoms with Crippen LogP contribution in [-0.4, -0.2) is 29.1 Å². The van der Waals surface area contributed by atoms with E-state index in [2.05, 4.69) is 10.3 Å². The Morgan fingerprint density at radius 2 is 1.95 bits per heavy atom. The summed E-state index contributed by atoms with van der Waals surface area (Å²) in [5.74, 6) is -1.80. The molecule has 0 bridgehead atoms. The van der Waals surface area contributed by atoms with Gasteiger partial charge in [-0.15, -0.1) is 11.3 Å². The zero-order chi connectivity index (χ0) is 26.5. The van der Waals surface area contributed by atoms with Crippen LogP contribution in [0.4, 0.5) is 24.5 Å². The lowest BCUT2D eigenvalue weighted by atomic mass is 9.99. The van der Waals surface area contributed by atoms with Gasteiger partial charge in [0.25, 0.3) is 5.91 Å². The monoisotopic (exact) mass is 527 g/mol. The van der Waals surface area contributed by atoms with Gasteiger partial charge in [0.2, 0.25) is 0 Å². The summed E-state index contributed by atoms with van der Waals surface area (Å²) in [5, 5.41) is 13.8.